The molecule has 0 aliphatic rings. The highest BCUT2D eigenvalue weighted by Gasteiger charge is 2.37. The van der Waals surface area contributed by atoms with E-state index in [0.29, 0.717) is 0 Å². The molecule has 46 heavy (non-hydrogen) atoms. The van der Waals surface area contributed by atoms with Crippen molar-refractivity contribution in [2.75, 3.05) is 13.2 Å². The van der Waals surface area contributed by atoms with Crippen molar-refractivity contribution in [3.05, 3.63) is 0 Å². The molecule has 16 heteroatoms. The Morgan fingerprint density at radius 3 is 1.39 bits per heavy atom. The number of amides is 2. The highest BCUT2D eigenvalue weighted by molar-refractivity contribution is 5.88. The van der Waals surface area contributed by atoms with Crippen LogP contribution in [0.2, 0.25) is 0 Å². The first-order valence-corrected chi connectivity index (χ1v) is 15.0. The van der Waals surface area contributed by atoms with E-state index < -0.39 is 102 Å². The first-order chi connectivity index (χ1) is 21.2. The molecule has 4 unspecified atom stereocenters. The lowest BCUT2D eigenvalue weighted by atomic mass is 9.80. The molecule has 0 fully saturated rings. The molecule has 16 nitrogen and oxygen atoms in total. The molecule has 4 N–H and O–H groups in total. The summed E-state index contributed by atoms with van der Waals surface area (Å²) in [5, 5.41) is 44.7. The van der Waals surface area contributed by atoms with Gasteiger partial charge < -0.3 is 50.1 Å². The van der Waals surface area contributed by atoms with Crippen LogP contribution in [0.15, 0.2) is 0 Å². The average molecular weight is 659 g/mol. The number of aliphatic carboxylic acids is 4. The van der Waals surface area contributed by atoms with Crippen LogP contribution in [0, 0.1) is 22.7 Å². The molecule has 262 valence electrons. The molecule has 0 bridgehead atoms. The molecule has 0 radical (unpaired) electrons. The average Bonchev–Trinajstić information content (AvgIpc) is 2.95. The second kappa shape index (κ2) is 19.3. The van der Waals surface area contributed by atoms with Crippen molar-refractivity contribution in [3.8, 4) is 0 Å². The van der Waals surface area contributed by atoms with Crippen molar-refractivity contribution < 1.29 is 68.3 Å². The number of hydrogen-bond acceptors (Lipinski definition) is 12. The Labute approximate surface area is 267 Å². The first-order valence-electron chi connectivity index (χ1n) is 15.0. The first kappa shape index (κ1) is 41.8. The number of esters is 2. The van der Waals surface area contributed by atoms with Crippen LogP contribution in [0.4, 0.5) is 0 Å². The van der Waals surface area contributed by atoms with Crippen molar-refractivity contribution in [3.63, 3.8) is 0 Å². The molecule has 0 aliphatic carbocycles. The van der Waals surface area contributed by atoms with Gasteiger partial charge in [0.15, 0.2) is 0 Å². The zero-order valence-electron chi connectivity index (χ0n) is 27.2. The molecule has 2 amide bonds. The van der Waals surface area contributed by atoms with Gasteiger partial charge in [-0.1, -0.05) is 41.5 Å². The van der Waals surface area contributed by atoms with E-state index in [-0.39, 0.29) is 45.3 Å². The number of hydrogen-bond donors (Lipinski definition) is 4. The quantitative estimate of drug-likeness (QED) is 0.0770. The van der Waals surface area contributed by atoms with Crippen molar-refractivity contribution in [2.45, 2.75) is 105 Å². The molecule has 0 aliphatic heterocycles. The number of rotatable bonds is 23. The van der Waals surface area contributed by atoms with Crippen LogP contribution in [0.5, 0.6) is 0 Å². The Balaban J connectivity index is 5.04. The summed E-state index contributed by atoms with van der Waals surface area (Å²) < 4.78 is 10.5. The van der Waals surface area contributed by atoms with E-state index in [2.05, 4.69) is 10.6 Å². The van der Waals surface area contributed by atoms with Crippen molar-refractivity contribution in [1.82, 2.24) is 10.6 Å². The minimum absolute atomic E-state index is 0.0136. The van der Waals surface area contributed by atoms with Gasteiger partial charge in [0.05, 0.1) is 23.8 Å². The summed E-state index contributed by atoms with van der Waals surface area (Å²) in [6.45, 7) is 8.73. The van der Waals surface area contributed by atoms with Crippen LogP contribution in [0.3, 0.4) is 0 Å². The predicted octanol–water partition coefficient (Wildman–Crippen LogP) is -0.843. The lowest BCUT2D eigenvalue weighted by Crippen LogP contribution is -2.52. The number of carboxylic acid groups (broad SMARTS) is 4. The van der Waals surface area contributed by atoms with E-state index in [9.17, 15) is 53.7 Å². The third-order valence-corrected chi connectivity index (χ3v) is 7.44. The van der Waals surface area contributed by atoms with Gasteiger partial charge in [-0.05, 0) is 44.9 Å². The number of ether oxygens (including phenoxy) is 2. The van der Waals surface area contributed by atoms with E-state index in [1.165, 1.54) is 27.7 Å². The molecular weight excluding hydrogens is 612 g/mol. The molecule has 0 saturated heterocycles. The third-order valence-electron chi connectivity index (χ3n) is 7.44. The van der Waals surface area contributed by atoms with Gasteiger partial charge in [0.25, 0.3) is 0 Å². The Morgan fingerprint density at radius 1 is 0.674 bits per heavy atom. The van der Waals surface area contributed by atoms with Crippen LogP contribution in [0.1, 0.15) is 92.9 Å². The van der Waals surface area contributed by atoms with Crippen LogP contribution >= 0.6 is 0 Å². The number of carbonyl (C=O) groups excluding carboxylic acids is 6. The highest BCUT2D eigenvalue weighted by Crippen LogP contribution is 2.30. The Kier molecular flexibility index (Phi) is 17.5. The molecule has 4 atom stereocenters. The third kappa shape index (κ3) is 15.2. The summed E-state index contributed by atoms with van der Waals surface area (Å²) in [7, 11) is 0. The minimum atomic E-state index is -1.66. The fourth-order valence-corrected chi connectivity index (χ4v) is 4.47. The van der Waals surface area contributed by atoms with Gasteiger partial charge in [-0.2, -0.15) is 0 Å². The molecule has 0 aromatic heterocycles. The molecule has 0 aromatic rings. The van der Waals surface area contributed by atoms with Crippen molar-refractivity contribution in [2.24, 2.45) is 22.7 Å². The van der Waals surface area contributed by atoms with Crippen LogP contribution in [-0.4, -0.2) is 83.1 Å². The number of nitrogens with one attached hydrogen (secondary N) is 2. The molecular formula is C30H46N2O14-2. The zero-order valence-corrected chi connectivity index (χ0v) is 27.2. The van der Waals surface area contributed by atoms with Gasteiger partial charge >= 0.3 is 23.9 Å². The Morgan fingerprint density at radius 2 is 1.07 bits per heavy atom. The molecule has 0 saturated carbocycles. The van der Waals surface area contributed by atoms with Gasteiger partial charge in [0.2, 0.25) is 11.8 Å². The zero-order chi connectivity index (χ0) is 35.8. The summed E-state index contributed by atoms with van der Waals surface area (Å²) in [6.07, 6.45) is -1.34. The maximum atomic E-state index is 12.8. The number of carbonyl (C=O) groups is 8. The fourth-order valence-electron chi connectivity index (χ4n) is 4.47. The minimum Gasteiger partial charge on any atom is -0.550 e. The SMILES string of the molecule is CCC(CC(C)(C)C(=O)NC(CCC(=O)[O-])C(=O)[O-])C(=O)OCCOC(=O)C(CC)CC(C)(C)C(=O)NC(CCC(=O)O)C(=O)O. The molecule has 0 rings (SSSR count). The van der Waals surface area contributed by atoms with E-state index >= 15 is 0 Å². The monoisotopic (exact) mass is 658 g/mol. The summed E-state index contributed by atoms with van der Waals surface area (Å²) in [4.78, 5) is 95.2. The fraction of sp³-hybridized carbons (Fsp3) is 0.733. The molecule has 0 spiro atoms. The van der Waals surface area contributed by atoms with Gasteiger partial charge in [-0.15, -0.1) is 0 Å². The Hall–Kier alpha value is -4.24. The van der Waals surface area contributed by atoms with Crippen LogP contribution in [-0.2, 0) is 47.8 Å². The van der Waals surface area contributed by atoms with Crippen molar-refractivity contribution in [1.29, 1.82) is 0 Å². The van der Waals surface area contributed by atoms with Crippen LogP contribution in [0.25, 0.3) is 0 Å². The summed E-state index contributed by atoms with van der Waals surface area (Å²) in [5.74, 6) is -10.1. The number of carboxylic acids is 4. The maximum absolute atomic E-state index is 12.8. The summed E-state index contributed by atoms with van der Waals surface area (Å²) in [5.41, 5.74) is -2.47. The lowest BCUT2D eigenvalue weighted by Gasteiger charge is -2.30. The normalized spacial score (nSPS) is 14.1. The van der Waals surface area contributed by atoms with Gasteiger partial charge in [0, 0.05) is 23.2 Å². The summed E-state index contributed by atoms with van der Waals surface area (Å²) in [6, 6.07) is -2.99. The molecule has 0 heterocycles. The second-order valence-electron chi connectivity index (χ2n) is 12.3. The Bertz CT molecular complexity index is 1030. The highest BCUT2D eigenvalue weighted by atomic mass is 16.6. The van der Waals surface area contributed by atoms with E-state index in [1.807, 2.05) is 0 Å². The largest absolute Gasteiger partial charge is 0.550 e. The summed E-state index contributed by atoms with van der Waals surface area (Å²) >= 11 is 0. The predicted molar refractivity (Wildman–Crippen MR) is 154 cm³/mol. The van der Waals surface area contributed by atoms with Gasteiger partial charge in [-0.25, -0.2) is 4.79 Å². The van der Waals surface area contributed by atoms with Crippen molar-refractivity contribution >= 4 is 47.6 Å². The second-order valence-corrected chi connectivity index (χ2v) is 12.3. The topological polar surface area (TPSA) is 266 Å². The van der Waals surface area contributed by atoms with E-state index in [0.717, 1.165) is 0 Å². The van der Waals surface area contributed by atoms with E-state index in [1.54, 1.807) is 13.8 Å². The standard InChI is InChI=1S/C30H48N2O14/c1-7-17(15-29(3,4)27(43)31-19(23(37)38)9-11-21(33)34)25(41)45-13-14-46-26(42)18(8-2)16-30(5,6)28(44)32-20(24(39)40)10-12-22(35)36/h17-20H,7-16H2,1-6H3,(H,31,43)(H,32,44)(H,33,34)(H,35,36)(H,37,38)(H,39,40)/p-2. The maximum Gasteiger partial charge on any atom is 0.326 e. The van der Waals surface area contributed by atoms with E-state index in [4.69, 9.17) is 14.6 Å². The van der Waals surface area contributed by atoms with Gasteiger partial charge in [-0.3, -0.25) is 24.0 Å². The smallest absolute Gasteiger partial charge is 0.326 e. The lowest BCUT2D eigenvalue weighted by molar-refractivity contribution is -0.310. The van der Waals surface area contributed by atoms with Crippen LogP contribution < -0.4 is 20.8 Å². The van der Waals surface area contributed by atoms with Gasteiger partial charge in [0.1, 0.15) is 19.3 Å². The molecule has 0 aromatic carbocycles.